The molecule has 1 aliphatic rings. The van der Waals surface area contributed by atoms with E-state index < -0.39 is 15.7 Å². The molecular weight excluding hydrogens is 288 g/mol. The maximum absolute atomic E-state index is 12.9. The highest BCUT2D eigenvalue weighted by Crippen LogP contribution is 2.34. The Morgan fingerprint density at radius 2 is 2.10 bits per heavy atom. The van der Waals surface area contributed by atoms with Crippen LogP contribution in [0.15, 0.2) is 29.2 Å². The first-order valence-corrected chi connectivity index (χ1v) is 8.61. The number of rotatable bonds is 5. The molecule has 0 radical (unpaired) electrons. The van der Waals surface area contributed by atoms with Gasteiger partial charge in [0.15, 0.2) is 0 Å². The maximum atomic E-state index is 12.9. The van der Waals surface area contributed by atoms with E-state index in [4.69, 9.17) is 0 Å². The van der Waals surface area contributed by atoms with Crippen molar-refractivity contribution in [2.75, 3.05) is 7.05 Å². The Kier molecular flexibility index (Phi) is 5.47. The Morgan fingerprint density at radius 3 is 2.71 bits per heavy atom. The third-order valence-electron chi connectivity index (χ3n) is 4.40. The van der Waals surface area contributed by atoms with Crippen LogP contribution in [0.25, 0.3) is 0 Å². The number of benzene rings is 1. The third-order valence-corrected chi connectivity index (χ3v) is 6.25. The summed E-state index contributed by atoms with van der Waals surface area (Å²) < 4.78 is 12.9. The van der Waals surface area contributed by atoms with E-state index in [1.165, 1.54) is 6.07 Å². The zero-order valence-corrected chi connectivity index (χ0v) is 13.3. The van der Waals surface area contributed by atoms with Crippen LogP contribution in [0, 0.1) is 16.0 Å². The van der Waals surface area contributed by atoms with Crippen LogP contribution in [0.3, 0.4) is 0 Å². The molecule has 0 saturated heterocycles. The van der Waals surface area contributed by atoms with Crippen molar-refractivity contribution < 1.29 is 9.13 Å². The number of hydrogen-bond donors (Lipinski definition) is 1. The van der Waals surface area contributed by atoms with Gasteiger partial charge < -0.3 is 5.32 Å². The fourth-order valence-corrected chi connectivity index (χ4v) is 5.00. The van der Waals surface area contributed by atoms with Crippen molar-refractivity contribution in [2.24, 2.45) is 5.92 Å². The first-order valence-electron chi connectivity index (χ1n) is 7.39. The van der Waals surface area contributed by atoms with Gasteiger partial charge in [-0.25, -0.2) is 0 Å². The van der Waals surface area contributed by atoms with Gasteiger partial charge in [0.2, 0.25) is 0 Å². The molecule has 0 heterocycles. The Balaban J connectivity index is 2.30. The summed E-state index contributed by atoms with van der Waals surface area (Å²) >= 11 is 0. The van der Waals surface area contributed by atoms with Crippen LogP contribution in [0.1, 0.15) is 32.6 Å². The maximum Gasteiger partial charge on any atom is 0.285 e. The van der Waals surface area contributed by atoms with Gasteiger partial charge in [-0.3, -0.25) is 14.3 Å². The lowest BCUT2D eigenvalue weighted by molar-refractivity contribution is -0.387. The van der Waals surface area contributed by atoms with Crippen LogP contribution >= 0.6 is 0 Å². The minimum atomic E-state index is -1.36. The highest BCUT2D eigenvalue weighted by molar-refractivity contribution is 7.86. The number of hydrogen-bond acceptors (Lipinski definition) is 4. The number of nitrogens with zero attached hydrogens (tertiary/aromatic N) is 1. The molecular formula is C15H22N2O3S. The minimum absolute atomic E-state index is 0.0377. The van der Waals surface area contributed by atoms with Gasteiger partial charge in [-0.1, -0.05) is 25.5 Å². The summed E-state index contributed by atoms with van der Waals surface area (Å²) in [6.07, 6.45) is 4.04. The summed E-state index contributed by atoms with van der Waals surface area (Å²) in [5.74, 6) is 0.561. The molecule has 0 aromatic heterocycles. The Bertz CT molecular complexity index is 535. The van der Waals surface area contributed by atoms with Gasteiger partial charge >= 0.3 is 0 Å². The van der Waals surface area contributed by atoms with Gasteiger partial charge in [0.25, 0.3) is 5.69 Å². The standard InChI is InChI=1S/C15H22N2O3S/c1-3-11-8-9-12(16-2)15(10-11)21(20)14-7-5-4-6-13(14)17(18)19/h4-7,11-12,15-16H,3,8-10H2,1-2H3. The van der Waals surface area contributed by atoms with Crippen molar-refractivity contribution in [3.63, 3.8) is 0 Å². The topological polar surface area (TPSA) is 72.2 Å². The molecule has 0 spiro atoms. The largest absolute Gasteiger partial charge is 0.316 e. The smallest absolute Gasteiger partial charge is 0.285 e. The molecule has 0 bridgehead atoms. The van der Waals surface area contributed by atoms with E-state index in [-0.39, 0.29) is 17.0 Å². The summed E-state index contributed by atoms with van der Waals surface area (Å²) in [5.41, 5.74) is -0.0377. The molecule has 4 unspecified atom stereocenters. The molecule has 2 rings (SSSR count). The molecule has 6 heteroatoms. The molecule has 116 valence electrons. The molecule has 1 aromatic rings. The monoisotopic (exact) mass is 310 g/mol. The fraction of sp³-hybridized carbons (Fsp3) is 0.600. The van der Waals surface area contributed by atoms with Crippen molar-refractivity contribution in [3.05, 3.63) is 34.4 Å². The number of nitrogens with one attached hydrogen (secondary N) is 1. The summed E-state index contributed by atoms with van der Waals surface area (Å²) in [6.45, 7) is 2.15. The summed E-state index contributed by atoms with van der Waals surface area (Å²) in [6, 6.07) is 6.55. The molecule has 4 atom stereocenters. The molecule has 1 aromatic carbocycles. The number of nitro groups is 1. The first-order chi connectivity index (χ1) is 10.1. The second kappa shape index (κ2) is 7.13. The second-order valence-corrected chi connectivity index (χ2v) is 7.18. The van der Waals surface area contributed by atoms with Crippen LogP contribution in [0.5, 0.6) is 0 Å². The fourth-order valence-electron chi connectivity index (χ4n) is 3.09. The minimum Gasteiger partial charge on any atom is -0.316 e. The number of para-hydroxylation sites is 1. The predicted molar refractivity (Wildman–Crippen MR) is 83.8 cm³/mol. The second-order valence-electron chi connectivity index (χ2n) is 5.54. The lowest BCUT2D eigenvalue weighted by atomic mass is 9.84. The summed E-state index contributed by atoms with van der Waals surface area (Å²) in [5, 5.41) is 14.3. The lowest BCUT2D eigenvalue weighted by Gasteiger charge is -2.35. The van der Waals surface area contributed by atoms with Crippen molar-refractivity contribution in [1.29, 1.82) is 0 Å². The molecule has 0 amide bonds. The van der Waals surface area contributed by atoms with E-state index in [1.54, 1.807) is 18.2 Å². The SMILES string of the molecule is CCC1CCC(NC)C(S(=O)c2ccccc2[N+](=O)[O-])C1. The molecule has 1 saturated carbocycles. The zero-order chi connectivity index (χ0) is 15.4. The van der Waals surface area contributed by atoms with Gasteiger partial charge in [-0.05, 0) is 38.3 Å². The van der Waals surface area contributed by atoms with Crippen LogP contribution in [0.4, 0.5) is 5.69 Å². The van der Waals surface area contributed by atoms with E-state index in [0.29, 0.717) is 10.8 Å². The van der Waals surface area contributed by atoms with Crippen LogP contribution in [-0.2, 0) is 10.8 Å². The normalized spacial score (nSPS) is 27.2. The van der Waals surface area contributed by atoms with Crippen molar-refractivity contribution in [2.45, 2.75) is 48.8 Å². The zero-order valence-electron chi connectivity index (χ0n) is 12.5. The van der Waals surface area contributed by atoms with Crippen molar-refractivity contribution >= 4 is 16.5 Å². The van der Waals surface area contributed by atoms with Crippen molar-refractivity contribution in [1.82, 2.24) is 5.32 Å². The molecule has 1 fully saturated rings. The first kappa shape index (κ1) is 16.1. The van der Waals surface area contributed by atoms with Crippen LogP contribution < -0.4 is 5.32 Å². The molecule has 21 heavy (non-hydrogen) atoms. The average molecular weight is 310 g/mol. The van der Waals surface area contributed by atoms with E-state index >= 15 is 0 Å². The molecule has 5 nitrogen and oxygen atoms in total. The summed E-state index contributed by atoms with van der Waals surface area (Å²) in [7, 11) is 0.517. The van der Waals surface area contributed by atoms with Crippen LogP contribution in [0.2, 0.25) is 0 Å². The lowest BCUT2D eigenvalue weighted by Crippen LogP contribution is -2.44. The quantitative estimate of drug-likeness (QED) is 0.670. The van der Waals surface area contributed by atoms with Gasteiger partial charge in [-0.15, -0.1) is 0 Å². The third kappa shape index (κ3) is 3.49. The van der Waals surface area contributed by atoms with E-state index in [0.717, 1.165) is 25.7 Å². The number of nitro benzene ring substituents is 1. The molecule has 1 aliphatic carbocycles. The Labute approximate surface area is 127 Å². The predicted octanol–water partition coefficient (Wildman–Crippen LogP) is 2.87. The van der Waals surface area contributed by atoms with Crippen molar-refractivity contribution in [3.8, 4) is 0 Å². The van der Waals surface area contributed by atoms with E-state index in [2.05, 4.69) is 12.2 Å². The molecule has 0 aliphatic heterocycles. The van der Waals surface area contributed by atoms with Gasteiger partial charge in [0, 0.05) is 12.1 Å². The van der Waals surface area contributed by atoms with Crippen LogP contribution in [-0.4, -0.2) is 27.5 Å². The highest BCUT2D eigenvalue weighted by atomic mass is 32.2. The Morgan fingerprint density at radius 1 is 1.38 bits per heavy atom. The average Bonchev–Trinajstić information content (AvgIpc) is 2.53. The molecule has 1 N–H and O–H groups in total. The van der Waals surface area contributed by atoms with Gasteiger partial charge in [0.1, 0.15) is 4.90 Å². The van der Waals surface area contributed by atoms with E-state index in [9.17, 15) is 14.3 Å². The van der Waals surface area contributed by atoms with E-state index in [1.807, 2.05) is 7.05 Å². The van der Waals surface area contributed by atoms with Gasteiger partial charge in [0.05, 0.1) is 21.0 Å². The Hall–Kier alpha value is -1.27. The summed E-state index contributed by atoms with van der Waals surface area (Å²) in [4.78, 5) is 11.0. The highest BCUT2D eigenvalue weighted by Gasteiger charge is 2.35. The van der Waals surface area contributed by atoms with Gasteiger partial charge in [-0.2, -0.15) is 0 Å².